The predicted octanol–water partition coefficient (Wildman–Crippen LogP) is 3.05. The molecule has 3 aromatic rings. The Morgan fingerprint density at radius 2 is 2.00 bits per heavy atom. The standard InChI is InChI=1S/C19H26N6O2S/c1-3-16-20-19(27-22-16)14(2)25-11-9-24(10-12-25)8-4-7-17-21-18(23-26-17)15-6-5-13-28-15/h5-6,13-14H,3-4,7-12H2,1-2H3. The molecule has 0 aromatic carbocycles. The molecular formula is C19H26N6O2S. The number of hydrogen-bond acceptors (Lipinski definition) is 9. The second-order valence-electron chi connectivity index (χ2n) is 7.05. The van der Waals surface area contributed by atoms with Crippen molar-refractivity contribution in [1.29, 1.82) is 0 Å². The van der Waals surface area contributed by atoms with Crippen LogP contribution in [0.2, 0.25) is 0 Å². The number of nitrogens with zero attached hydrogens (tertiary/aromatic N) is 6. The fraction of sp³-hybridized carbons (Fsp3) is 0.579. The zero-order chi connectivity index (χ0) is 19.3. The molecule has 3 aromatic heterocycles. The Morgan fingerprint density at radius 1 is 1.14 bits per heavy atom. The van der Waals surface area contributed by atoms with Crippen molar-refractivity contribution in [3.8, 4) is 10.7 Å². The van der Waals surface area contributed by atoms with Crippen molar-refractivity contribution in [2.45, 2.75) is 39.2 Å². The first-order valence-corrected chi connectivity index (χ1v) is 10.8. The highest BCUT2D eigenvalue weighted by molar-refractivity contribution is 7.13. The van der Waals surface area contributed by atoms with Crippen molar-refractivity contribution in [3.05, 3.63) is 35.1 Å². The van der Waals surface area contributed by atoms with Crippen molar-refractivity contribution in [2.24, 2.45) is 0 Å². The smallest absolute Gasteiger partial charge is 0.243 e. The molecule has 0 N–H and O–H groups in total. The largest absolute Gasteiger partial charge is 0.339 e. The zero-order valence-corrected chi connectivity index (χ0v) is 17.2. The summed E-state index contributed by atoms with van der Waals surface area (Å²) >= 11 is 1.63. The number of thiophene rings is 1. The Hall–Kier alpha value is -2.10. The average molecular weight is 403 g/mol. The van der Waals surface area contributed by atoms with Gasteiger partial charge in [0.15, 0.2) is 5.82 Å². The van der Waals surface area contributed by atoms with Crippen molar-refractivity contribution in [3.63, 3.8) is 0 Å². The molecule has 1 atom stereocenters. The SMILES string of the molecule is CCc1noc(C(C)N2CCN(CCCc3nc(-c4cccs4)no3)CC2)n1. The van der Waals surface area contributed by atoms with E-state index < -0.39 is 0 Å². The molecule has 9 heteroatoms. The lowest BCUT2D eigenvalue weighted by molar-refractivity contribution is 0.0874. The summed E-state index contributed by atoms with van der Waals surface area (Å²) in [5, 5.41) is 10.1. The molecule has 0 spiro atoms. The van der Waals surface area contributed by atoms with Crippen molar-refractivity contribution >= 4 is 11.3 Å². The summed E-state index contributed by atoms with van der Waals surface area (Å²) in [4.78, 5) is 14.9. The maximum absolute atomic E-state index is 5.40. The summed E-state index contributed by atoms with van der Waals surface area (Å²) < 4.78 is 10.8. The summed E-state index contributed by atoms with van der Waals surface area (Å²) in [5.74, 6) is 2.92. The van der Waals surface area contributed by atoms with Gasteiger partial charge in [0, 0.05) is 39.0 Å². The molecule has 1 aliphatic heterocycles. The van der Waals surface area contributed by atoms with Crippen LogP contribution in [-0.4, -0.2) is 62.8 Å². The quantitative estimate of drug-likeness (QED) is 0.568. The van der Waals surface area contributed by atoms with E-state index in [9.17, 15) is 0 Å². The van der Waals surface area contributed by atoms with Crippen LogP contribution in [0.15, 0.2) is 26.6 Å². The minimum atomic E-state index is 0.170. The van der Waals surface area contributed by atoms with E-state index in [4.69, 9.17) is 9.05 Å². The third kappa shape index (κ3) is 4.48. The van der Waals surface area contributed by atoms with Crippen LogP contribution in [-0.2, 0) is 12.8 Å². The first kappa shape index (κ1) is 19.2. The highest BCUT2D eigenvalue weighted by Gasteiger charge is 2.25. The van der Waals surface area contributed by atoms with Crippen LogP contribution < -0.4 is 0 Å². The van der Waals surface area contributed by atoms with Gasteiger partial charge in [-0.25, -0.2) is 0 Å². The fourth-order valence-corrected chi connectivity index (χ4v) is 4.08. The van der Waals surface area contributed by atoms with Crippen LogP contribution in [0.5, 0.6) is 0 Å². The van der Waals surface area contributed by atoms with Crippen LogP contribution in [0, 0.1) is 0 Å². The third-order valence-corrected chi connectivity index (χ3v) is 6.05. The number of piperazine rings is 1. The second-order valence-corrected chi connectivity index (χ2v) is 8.00. The Bertz CT molecular complexity index is 854. The lowest BCUT2D eigenvalue weighted by atomic mass is 10.2. The molecule has 0 aliphatic carbocycles. The molecule has 4 heterocycles. The third-order valence-electron chi connectivity index (χ3n) is 5.19. The van der Waals surface area contributed by atoms with Gasteiger partial charge in [-0.05, 0) is 31.3 Å². The van der Waals surface area contributed by atoms with E-state index in [1.807, 2.05) is 24.4 Å². The Balaban J connectivity index is 1.19. The summed E-state index contributed by atoms with van der Waals surface area (Å²) in [6.45, 7) is 9.33. The molecule has 0 saturated carbocycles. The van der Waals surface area contributed by atoms with E-state index in [2.05, 4.69) is 37.0 Å². The van der Waals surface area contributed by atoms with Crippen LogP contribution in [0.1, 0.15) is 43.9 Å². The Labute approximate surface area is 168 Å². The number of hydrogen-bond donors (Lipinski definition) is 0. The molecule has 28 heavy (non-hydrogen) atoms. The van der Waals surface area contributed by atoms with E-state index in [0.29, 0.717) is 5.82 Å². The first-order valence-electron chi connectivity index (χ1n) is 9.88. The lowest BCUT2D eigenvalue weighted by Crippen LogP contribution is -2.47. The van der Waals surface area contributed by atoms with Crippen LogP contribution in [0.3, 0.4) is 0 Å². The minimum Gasteiger partial charge on any atom is -0.339 e. The molecule has 0 bridgehead atoms. The van der Waals surface area contributed by atoms with Gasteiger partial charge in [-0.1, -0.05) is 23.3 Å². The molecule has 8 nitrogen and oxygen atoms in total. The number of aryl methyl sites for hydroxylation is 2. The van der Waals surface area contributed by atoms with E-state index in [0.717, 1.165) is 74.5 Å². The van der Waals surface area contributed by atoms with Gasteiger partial charge < -0.3 is 13.9 Å². The monoisotopic (exact) mass is 402 g/mol. The Kier molecular flexibility index (Phi) is 6.13. The summed E-state index contributed by atoms with van der Waals surface area (Å²) in [6.07, 6.45) is 2.64. The Morgan fingerprint density at radius 3 is 2.71 bits per heavy atom. The van der Waals surface area contributed by atoms with Gasteiger partial charge >= 0.3 is 0 Å². The van der Waals surface area contributed by atoms with E-state index >= 15 is 0 Å². The molecule has 150 valence electrons. The van der Waals surface area contributed by atoms with Crippen LogP contribution >= 0.6 is 11.3 Å². The van der Waals surface area contributed by atoms with Gasteiger partial charge in [0.25, 0.3) is 0 Å². The maximum Gasteiger partial charge on any atom is 0.243 e. The van der Waals surface area contributed by atoms with Crippen molar-refractivity contribution in [2.75, 3.05) is 32.7 Å². The maximum atomic E-state index is 5.40. The first-order chi connectivity index (χ1) is 13.7. The van der Waals surface area contributed by atoms with Crippen molar-refractivity contribution < 1.29 is 9.05 Å². The summed E-state index contributed by atoms with van der Waals surface area (Å²) in [6, 6.07) is 4.18. The van der Waals surface area contributed by atoms with E-state index in [1.165, 1.54) is 0 Å². The van der Waals surface area contributed by atoms with E-state index in [1.54, 1.807) is 11.3 Å². The molecular weight excluding hydrogens is 376 g/mol. The number of aromatic nitrogens is 4. The van der Waals surface area contributed by atoms with Crippen LogP contribution in [0.25, 0.3) is 10.7 Å². The average Bonchev–Trinajstić information content (AvgIpc) is 3.48. The highest BCUT2D eigenvalue weighted by Crippen LogP contribution is 2.22. The fourth-order valence-electron chi connectivity index (χ4n) is 3.43. The minimum absolute atomic E-state index is 0.170. The number of rotatable bonds is 8. The molecule has 1 unspecified atom stereocenters. The molecule has 0 radical (unpaired) electrons. The van der Waals surface area contributed by atoms with Crippen LogP contribution in [0.4, 0.5) is 0 Å². The summed E-state index contributed by atoms with van der Waals surface area (Å²) in [5.41, 5.74) is 0. The normalized spacial score (nSPS) is 17.2. The predicted molar refractivity (Wildman–Crippen MR) is 106 cm³/mol. The van der Waals surface area contributed by atoms with Gasteiger partial charge in [-0.15, -0.1) is 11.3 Å². The lowest BCUT2D eigenvalue weighted by Gasteiger charge is -2.36. The van der Waals surface area contributed by atoms with Gasteiger partial charge in [0.05, 0.1) is 10.9 Å². The molecule has 1 aliphatic rings. The highest BCUT2D eigenvalue weighted by atomic mass is 32.1. The zero-order valence-electron chi connectivity index (χ0n) is 16.4. The van der Waals surface area contributed by atoms with Crippen molar-refractivity contribution in [1.82, 2.24) is 30.1 Å². The molecule has 0 amide bonds. The van der Waals surface area contributed by atoms with Gasteiger partial charge in [0.1, 0.15) is 0 Å². The summed E-state index contributed by atoms with van der Waals surface area (Å²) in [7, 11) is 0. The molecule has 1 fully saturated rings. The van der Waals surface area contributed by atoms with E-state index in [-0.39, 0.29) is 6.04 Å². The van der Waals surface area contributed by atoms with Gasteiger partial charge in [-0.2, -0.15) is 9.97 Å². The topological polar surface area (TPSA) is 84.3 Å². The van der Waals surface area contributed by atoms with Gasteiger partial charge in [-0.3, -0.25) is 4.90 Å². The second kappa shape index (κ2) is 8.93. The molecule has 1 saturated heterocycles. The molecule has 4 rings (SSSR count). The van der Waals surface area contributed by atoms with Gasteiger partial charge in [0.2, 0.25) is 17.6 Å².